The van der Waals surface area contributed by atoms with E-state index in [0.717, 1.165) is 67.6 Å². The Morgan fingerprint density at radius 2 is 1.90 bits per heavy atom. The minimum absolute atomic E-state index is 0.0769. The largest absolute Gasteiger partial charge is 0.379 e. The van der Waals surface area contributed by atoms with Gasteiger partial charge >= 0.3 is 0 Å². The number of fused-ring (bicyclic) bond motifs is 1. The molecule has 2 fully saturated rings. The number of carbonyl (C=O) groups excluding carboxylic acids is 1. The van der Waals surface area contributed by atoms with Gasteiger partial charge in [-0.25, -0.2) is 4.98 Å². The second-order valence-corrected chi connectivity index (χ2v) is 7.87. The molecule has 2 aromatic heterocycles. The number of carbonyl (C=O) groups is 1. The highest BCUT2D eigenvalue weighted by atomic mass is 16.5. The topological polar surface area (TPSA) is 67.4 Å². The predicted octanol–water partition coefficient (Wildman–Crippen LogP) is 3.48. The van der Waals surface area contributed by atoms with Crippen LogP contribution in [0.2, 0.25) is 0 Å². The van der Waals surface area contributed by atoms with Crippen molar-refractivity contribution in [1.82, 2.24) is 14.9 Å². The van der Waals surface area contributed by atoms with Crippen LogP contribution < -0.4 is 5.32 Å². The van der Waals surface area contributed by atoms with Crippen LogP contribution in [0.15, 0.2) is 48.9 Å². The molecule has 1 aliphatic carbocycles. The first-order chi connectivity index (χ1) is 14.2. The molecule has 6 nitrogen and oxygen atoms in total. The summed E-state index contributed by atoms with van der Waals surface area (Å²) in [6.07, 6.45) is 7.62. The first-order valence-electron chi connectivity index (χ1n) is 10.2. The molecule has 2 aliphatic rings. The molecular weight excluding hydrogens is 364 g/mol. The molecule has 1 saturated heterocycles. The van der Waals surface area contributed by atoms with Crippen molar-refractivity contribution < 1.29 is 9.53 Å². The van der Waals surface area contributed by atoms with Gasteiger partial charge in [-0.2, -0.15) is 0 Å². The molecular formula is C23H24N4O2. The maximum atomic E-state index is 12.0. The van der Waals surface area contributed by atoms with E-state index in [4.69, 9.17) is 4.74 Å². The van der Waals surface area contributed by atoms with E-state index in [2.05, 4.69) is 44.5 Å². The lowest BCUT2D eigenvalue weighted by Crippen LogP contribution is -2.35. The van der Waals surface area contributed by atoms with Crippen LogP contribution in [0.5, 0.6) is 0 Å². The standard InChI is InChI=1S/C23H24N4O2/c28-23(17-1-2-17)26-22-11-20-10-18(3-4-19(20)14-25-22)21-9-16(12-24-13-21)15-27-5-7-29-8-6-27/h3-4,9-14,17H,1-2,5-8,15H2,(H,25,26,28). The zero-order chi connectivity index (χ0) is 19.6. The third-order valence-corrected chi connectivity index (χ3v) is 5.56. The van der Waals surface area contributed by atoms with Crippen molar-refractivity contribution in [2.75, 3.05) is 31.6 Å². The van der Waals surface area contributed by atoms with Gasteiger partial charge in [0.1, 0.15) is 5.82 Å². The van der Waals surface area contributed by atoms with Crippen LogP contribution in [0.1, 0.15) is 18.4 Å². The smallest absolute Gasteiger partial charge is 0.228 e. The summed E-state index contributed by atoms with van der Waals surface area (Å²) in [5.41, 5.74) is 3.41. The van der Waals surface area contributed by atoms with Gasteiger partial charge in [0.05, 0.1) is 13.2 Å². The highest BCUT2D eigenvalue weighted by Crippen LogP contribution is 2.31. The Labute approximate surface area is 169 Å². The molecule has 1 amide bonds. The molecule has 0 atom stereocenters. The summed E-state index contributed by atoms with van der Waals surface area (Å²) in [7, 11) is 0. The zero-order valence-corrected chi connectivity index (χ0v) is 16.3. The summed E-state index contributed by atoms with van der Waals surface area (Å²) >= 11 is 0. The second kappa shape index (κ2) is 7.89. The Balaban J connectivity index is 1.38. The Morgan fingerprint density at radius 1 is 1.03 bits per heavy atom. The molecule has 148 valence electrons. The van der Waals surface area contributed by atoms with Crippen molar-refractivity contribution in [3.63, 3.8) is 0 Å². The number of hydrogen-bond acceptors (Lipinski definition) is 5. The quantitative estimate of drug-likeness (QED) is 0.725. The highest BCUT2D eigenvalue weighted by Gasteiger charge is 2.29. The Kier molecular flexibility index (Phi) is 4.96. The van der Waals surface area contributed by atoms with E-state index < -0.39 is 0 Å². The number of anilines is 1. The predicted molar refractivity (Wildman–Crippen MR) is 112 cm³/mol. The van der Waals surface area contributed by atoms with Crippen molar-refractivity contribution in [2.24, 2.45) is 5.92 Å². The van der Waals surface area contributed by atoms with E-state index in [1.54, 1.807) is 0 Å². The van der Waals surface area contributed by atoms with E-state index in [0.29, 0.717) is 5.82 Å². The van der Waals surface area contributed by atoms with Gasteiger partial charge in [0.25, 0.3) is 0 Å². The zero-order valence-electron chi connectivity index (χ0n) is 16.3. The minimum atomic E-state index is 0.0769. The second-order valence-electron chi connectivity index (χ2n) is 7.87. The molecule has 0 bridgehead atoms. The Hall–Kier alpha value is -2.83. The van der Waals surface area contributed by atoms with Crippen molar-refractivity contribution in [2.45, 2.75) is 19.4 Å². The first-order valence-corrected chi connectivity index (χ1v) is 10.2. The summed E-state index contributed by atoms with van der Waals surface area (Å²) in [5, 5.41) is 5.04. The number of pyridine rings is 2. The molecule has 1 aliphatic heterocycles. The van der Waals surface area contributed by atoms with Crippen LogP contribution >= 0.6 is 0 Å². The van der Waals surface area contributed by atoms with Crippen molar-refractivity contribution >= 4 is 22.5 Å². The molecule has 1 aromatic carbocycles. The molecule has 0 radical (unpaired) electrons. The molecule has 6 heteroatoms. The van der Waals surface area contributed by atoms with Crippen LogP contribution in [0.3, 0.4) is 0 Å². The summed E-state index contributed by atoms with van der Waals surface area (Å²) in [6, 6.07) is 10.5. The first kappa shape index (κ1) is 18.2. The molecule has 0 unspecified atom stereocenters. The van der Waals surface area contributed by atoms with Crippen molar-refractivity contribution in [3.8, 4) is 11.1 Å². The SMILES string of the molecule is O=C(Nc1cc2cc(-c3cncc(CN4CCOCC4)c3)ccc2cn1)C1CC1. The van der Waals surface area contributed by atoms with Gasteiger partial charge in [-0.3, -0.25) is 14.7 Å². The number of ether oxygens (including phenoxy) is 1. The number of morpholine rings is 1. The number of hydrogen-bond donors (Lipinski definition) is 1. The molecule has 3 aromatic rings. The number of benzene rings is 1. The number of amides is 1. The van der Waals surface area contributed by atoms with Gasteiger partial charge < -0.3 is 10.1 Å². The van der Waals surface area contributed by atoms with E-state index in [1.807, 2.05) is 24.7 Å². The Morgan fingerprint density at radius 3 is 2.72 bits per heavy atom. The van der Waals surface area contributed by atoms with Crippen molar-refractivity contribution in [3.05, 3.63) is 54.5 Å². The van der Waals surface area contributed by atoms with Gasteiger partial charge in [-0.15, -0.1) is 0 Å². The van der Waals surface area contributed by atoms with E-state index in [1.165, 1.54) is 5.56 Å². The normalized spacial score (nSPS) is 17.4. The number of nitrogens with one attached hydrogen (secondary N) is 1. The van der Waals surface area contributed by atoms with Crippen LogP contribution in [0.4, 0.5) is 5.82 Å². The van der Waals surface area contributed by atoms with Crippen LogP contribution in [0.25, 0.3) is 21.9 Å². The molecule has 1 N–H and O–H groups in total. The maximum absolute atomic E-state index is 12.0. The summed E-state index contributed by atoms with van der Waals surface area (Å²) in [5.74, 6) is 0.859. The number of rotatable bonds is 5. The van der Waals surface area contributed by atoms with E-state index >= 15 is 0 Å². The monoisotopic (exact) mass is 388 g/mol. The number of nitrogens with zero attached hydrogens (tertiary/aromatic N) is 3. The lowest BCUT2D eigenvalue weighted by atomic mass is 10.0. The highest BCUT2D eigenvalue weighted by molar-refractivity contribution is 5.96. The van der Waals surface area contributed by atoms with E-state index in [-0.39, 0.29) is 11.8 Å². The van der Waals surface area contributed by atoms with Gasteiger partial charge in [-0.05, 0) is 47.6 Å². The van der Waals surface area contributed by atoms with Gasteiger partial charge in [0, 0.05) is 55.1 Å². The van der Waals surface area contributed by atoms with Gasteiger partial charge in [-0.1, -0.05) is 12.1 Å². The summed E-state index contributed by atoms with van der Waals surface area (Å²) < 4.78 is 5.43. The lowest BCUT2D eigenvalue weighted by Gasteiger charge is -2.26. The van der Waals surface area contributed by atoms with E-state index in [9.17, 15) is 4.79 Å². The van der Waals surface area contributed by atoms with Crippen LogP contribution in [0, 0.1) is 5.92 Å². The average Bonchev–Trinajstić information content (AvgIpc) is 3.60. The Bertz CT molecular complexity index is 1040. The van der Waals surface area contributed by atoms with Gasteiger partial charge in [0.15, 0.2) is 0 Å². The van der Waals surface area contributed by atoms with Crippen LogP contribution in [-0.2, 0) is 16.1 Å². The third-order valence-electron chi connectivity index (χ3n) is 5.56. The maximum Gasteiger partial charge on any atom is 0.228 e. The fraction of sp³-hybridized carbons (Fsp3) is 0.348. The fourth-order valence-corrected chi connectivity index (χ4v) is 3.71. The average molecular weight is 388 g/mol. The summed E-state index contributed by atoms with van der Waals surface area (Å²) in [4.78, 5) is 23.3. The third kappa shape index (κ3) is 4.28. The number of aromatic nitrogens is 2. The molecule has 3 heterocycles. The van der Waals surface area contributed by atoms with Gasteiger partial charge in [0.2, 0.25) is 5.91 Å². The summed E-state index contributed by atoms with van der Waals surface area (Å²) in [6.45, 7) is 4.40. The molecule has 0 spiro atoms. The fourth-order valence-electron chi connectivity index (χ4n) is 3.71. The molecule has 5 rings (SSSR count). The minimum Gasteiger partial charge on any atom is -0.379 e. The lowest BCUT2D eigenvalue weighted by molar-refractivity contribution is -0.117. The van der Waals surface area contributed by atoms with Crippen molar-refractivity contribution in [1.29, 1.82) is 0 Å². The van der Waals surface area contributed by atoms with Crippen LogP contribution in [-0.4, -0.2) is 47.1 Å². The molecule has 1 saturated carbocycles. The molecule has 29 heavy (non-hydrogen) atoms.